The Morgan fingerprint density at radius 2 is 2.29 bits per heavy atom. The largest absolute Gasteiger partial charge is 0.481 e. The zero-order valence-corrected chi connectivity index (χ0v) is 13.5. The van der Waals surface area contributed by atoms with Crippen LogP contribution in [0, 0.1) is 11.7 Å². The molecule has 116 valence electrons. The van der Waals surface area contributed by atoms with Crippen molar-refractivity contribution in [3.63, 3.8) is 0 Å². The average molecular weight is 360 g/mol. The Bertz CT molecular complexity index is 512. The first-order valence-corrected chi connectivity index (χ1v) is 7.80. The van der Waals surface area contributed by atoms with E-state index in [1.807, 2.05) is 0 Å². The van der Waals surface area contributed by atoms with Gasteiger partial charge in [0, 0.05) is 12.6 Å². The lowest BCUT2D eigenvalue weighted by molar-refractivity contribution is -0.143. The van der Waals surface area contributed by atoms with Crippen molar-refractivity contribution in [1.29, 1.82) is 0 Å². The van der Waals surface area contributed by atoms with E-state index in [0.717, 1.165) is 18.5 Å². The summed E-state index contributed by atoms with van der Waals surface area (Å²) in [5.74, 6) is -1.62. The van der Waals surface area contributed by atoms with Gasteiger partial charge in [-0.3, -0.25) is 9.69 Å². The van der Waals surface area contributed by atoms with Gasteiger partial charge in [0.1, 0.15) is 5.82 Å². The van der Waals surface area contributed by atoms with Crippen LogP contribution in [-0.2, 0) is 16.1 Å². The molecule has 1 fully saturated rings. The minimum atomic E-state index is -0.820. The SMILES string of the molecule is CCCN(Cc1ccc(F)c(Br)c1)C1COCC1C(=O)O. The fourth-order valence-electron chi connectivity index (χ4n) is 2.66. The second kappa shape index (κ2) is 7.33. The molecule has 0 bridgehead atoms. The molecule has 0 aliphatic carbocycles. The van der Waals surface area contributed by atoms with E-state index in [-0.39, 0.29) is 18.5 Å². The topological polar surface area (TPSA) is 49.8 Å². The molecular weight excluding hydrogens is 341 g/mol. The first kappa shape index (κ1) is 16.4. The van der Waals surface area contributed by atoms with Crippen molar-refractivity contribution in [2.75, 3.05) is 19.8 Å². The molecule has 0 radical (unpaired) electrons. The van der Waals surface area contributed by atoms with Crippen molar-refractivity contribution in [1.82, 2.24) is 4.90 Å². The Kier molecular flexibility index (Phi) is 5.72. The van der Waals surface area contributed by atoms with Gasteiger partial charge in [0.2, 0.25) is 0 Å². The minimum absolute atomic E-state index is 0.133. The fraction of sp³-hybridized carbons (Fsp3) is 0.533. The van der Waals surface area contributed by atoms with Crippen LogP contribution in [0.1, 0.15) is 18.9 Å². The number of carbonyl (C=O) groups is 1. The van der Waals surface area contributed by atoms with E-state index in [1.165, 1.54) is 6.07 Å². The molecule has 1 aromatic carbocycles. The van der Waals surface area contributed by atoms with Gasteiger partial charge in [-0.05, 0) is 46.6 Å². The third-order valence-corrected chi connectivity index (χ3v) is 4.32. The van der Waals surface area contributed by atoms with Gasteiger partial charge in [0.25, 0.3) is 0 Å². The van der Waals surface area contributed by atoms with E-state index in [9.17, 15) is 14.3 Å². The molecule has 6 heteroatoms. The molecule has 2 unspecified atom stereocenters. The Hall–Kier alpha value is -0.980. The van der Waals surface area contributed by atoms with E-state index in [2.05, 4.69) is 27.8 Å². The first-order valence-electron chi connectivity index (χ1n) is 7.01. The normalized spacial score (nSPS) is 21.9. The summed E-state index contributed by atoms with van der Waals surface area (Å²) in [6, 6.07) is 4.76. The molecule has 1 aliphatic rings. The highest BCUT2D eigenvalue weighted by Crippen LogP contribution is 2.24. The summed E-state index contributed by atoms with van der Waals surface area (Å²) in [5.41, 5.74) is 0.952. The van der Waals surface area contributed by atoms with Gasteiger partial charge < -0.3 is 9.84 Å². The van der Waals surface area contributed by atoms with Crippen molar-refractivity contribution < 1.29 is 19.0 Å². The highest BCUT2D eigenvalue weighted by Gasteiger charge is 2.37. The molecule has 4 nitrogen and oxygen atoms in total. The Morgan fingerprint density at radius 1 is 1.52 bits per heavy atom. The molecule has 0 spiro atoms. The van der Waals surface area contributed by atoms with Crippen molar-refractivity contribution >= 4 is 21.9 Å². The predicted octanol–water partition coefficient (Wildman–Crippen LogP) is 2.90. The first-order chi connectivity index (χ1) is 10.0. The molecule has 1 heterocycles. The molecule has 21 heavy (non-hydrogen) atoms. The lowest BCUT2D eigenvalue weighted by atomic mass is 10.0. The fourth-order valence-corrected chi connectivity index (χ4v) is 3.09. The van der Waals surface area contributed by atoms with Crippen LogP contribution in [0.5, 0.6) is 0 Å². The third-order valence-electron chi connectivity index (χ3n) is 3.72. The third kappa shape index (κ3) is 4.02. The smallest absolute Gasteiger partial charge is 0.310 e. The molecule has 0 amide bonds. The number of carboxylic acids is 1. The number of hydrogen-bond donors (Lipinski definition) is 1. The van der Waals surface area contributed by atoms with Crippen molar-refractivity contribution in [2.24, 2.45) is 5.92 Å². The molecular formula is C15H19BrFNO3. The number of nitrogens with zero attached hydrogens (tertiary/aromatic N) is 1. The van der Waals surface area contributed by atoms with Crippen LogP contribution in [-0.4, -0.2) is 41.8 Å². The number of halogens is 2. The summed E-state index contributed by atoms with van der Waals surface area (Å²) < 4.78 is 19.1. The molecule has 1 N–H and O–H groups in total. The van der Waals surface area contributed by atoms with Crippen LogP contribution in [0.4, 0.5) is 4.39 Å². The Labute approximate surface area is 132 Å². The molecule has 0 saturated carbocycles. The van der Waals surface area contributed by atoms with Crippen LogP contribution in [0.3, 0.4) is 0 Å². The van der Waals surface area contributed by atoms with E-state index in [1.54, 1.807) is 12.1 Å². The van der Waals surface area contributed by atoms with E-state index >= 15 is 0 Å². The summed E-state index contributed by atoms with van der Waals surface area (Å²) >= 11 is 3.18. The number of benzene rings is 1. The van der Waals surface area contributed by atoms with Gasteiger partial charge in [-0.1, -0.05) is 13.0 Å². The van der Waals surface area contributed by atoms with E-state index in [0.29, 0.717) is 17.6 Å². The number of aliphatic carboxylic acids is 1. The molecule has 1 aliphatic heterocycles. The van der Waals surface area contributed by atoms with Crippen molar-refractivity contribution in [3.8, 4) is 0 Å². The lowest BCUT2D eigenvalue weighted by Crippen LogP contribution is -2.43. The Morgan fingerprint density at radius 3 is 2.90 bits per heavy atom. The van der Waals surface area contributed by atoms with Gasteiger partial charge in [0.15, 0.2) is 0 Å². The average Bonchev–Trinajstić information content (AvgIpc) is 2.92. The van der Waals surface area contributed by atoms with E-state index < -0.39 is 11.9 Å². The quantitative estimate of drug-likeness (QED) is 0.848. The molecule has 2 atom stereocenters. The number of rotatable bonds is 6. The van der Waals surface area contributed by atoms with Crippen LogP contribution in [0.15, 0.2) is 22.7 Å². The summed E-state index contributed by atoms with van der Waals surface area (Å²) in [4.78, 5) is 13.4. The number of ether oxygens (including phenoxy) is 1. The maximum Gasteiger partial charge on any atom is 0.310 e. The standard InChI is InChI=1S/C15H19BrFNO3/c1-2-5-18(14-9-21-8-11(14)15(19)20)7-10-3-4-13(17)12(16)6-10/h3-4,6,11,14H,2,5,7-9H2,1H3,(H,19,20). The minimum Gasteiger partial charge on any atom is -0.481 e. The molecule has 0 aromatic heterocycles. The lowest BCUT2D eigenvalue weighted by Gasteiger charge is -2.30. The molecule has 1 saturated heterocycles. The second-order valence-corrected chi connectivity index (χ2v) is 6.12. The molecule has 1 aromatic rings. The zero-order chi connectivity index (χ0) is 15.4. The van der Waals surface area contributed by atoms with Gasteiger partial charge in [0.05, 0.1) is 23.6 Å². The summed E-state index contributed by atoms with van der Waals surface area (Å²) in [5, 5.41) is 9.28. The van der Waals surface area contributed by atoms with Crippen LogP contribution in [0.2, 0.25) is 0 Å². The van der Waals surface area contributed by atoms with Crippen LogP contribution >= 0.6 is 15.9 Å². The van der Waals surface area contributed by atoms with Gasteiger partial charge >= 0.3 is 5.97 Å². The van der Waals surface area contributed by atoms with Crippen molar-refractivity contribution in [3.05, 3.63) is 34.1 Å². The van der Waals surface area contributed by atoms with E-state index in [4.69, 9.17) is 4.74 Å². The highest BCUT2D eigenvalue weighted by molar-refractivity contribution is 9.10. The Balaban J connectivity index is 2.14. The van der Waals surface area contributed by atoms with Crippen LogP contribution < -0.4 is 0 Å². The summed E-state index contributed by atoms with van der Waals surface area (Å²) in [6.45, 7) is 4.11. The van der Waals surface area contributed by atoms with Gasteiger partial charge in [-0.15, -0.1) is 0 Å². The van der Waals surface area contributed by atoms with Gasteiger partial charge in [-0.2, -0.15) is 0 Å². The predicted molar refractivity (Wildman–Crippen MR) is 80.5 cm³/mol. The molecule has 2 rings (SSSR count). The van der Waals surface area contributed by atoms with Gasteiger partial charge in [-0.25, -0.2) is 4.39 Å². The monoisotopic (exact) mass is 359 g/mol. The maximum atomic E-state index is 13.3. The van der Waals surface area contributed by atoms with Crippen LogP contribution in [0.25, 0.3) is 0 Å². The van der Waals surface area contributed by atoms with Crippen molar-refractivity contribution in [2.45, 2.75) is 25.9 Å². The highest BCUT2D eigenvalue weighted by atomic mass is 79.9. The number of carboxylic acid groups (broad SMARTS) is 1. The summed E-state index contributed by atoms with van der Waals surface area (Å²) in [7, 11) is 0. The summed E-state index contributed by atoms with van der Waals surface area (Å²) in [6.07, 6.45) is 0.922. The zero-order valence-electron chi connectivity index (χ0n) is 11.9. The number of hydrogen-bond acceptors (Lipinski definition) is 3. The maximum absolute atomic E-state index is 13.3. The second-order valence-electron chi connectivity index (χ2n) is 5.27.